The summed E-state index contributed by atoms with van der Waals surface area (Å²) >= 11 is 5.96. The van der Waals surface area contributed by atoms with Gasteiger partial charge in [0, 0.05) is 35.7 Å². The lowest BCUT2D eigenvalue weighted by atomic mass is 9.92. The minimum absolute atomic E-state index is 0.0289. The van der Waals surface area contributed by atoms with Crippen molar-refractivity contribution in [2.45, 2.75) is 18.6 Å². The van der Waals surface area contributed by atoms with E-state index in [1.807, 2.05) is 6.07 Å². The molecule has 2 amide bonds. The fourth-order valence-electron chi connectivity index (χ4n) is 4.11. The standard InChI is InChI=1S/C25H17ClF4N4O4/c1-37-15-8-17(27)20(18(28)9-15)16-11-34(22-13(10-31)4-7-19(26)32-22)24(36)21(16)33-23(35)12-2-5-14(6-3-12)38-25(29)30/h2-9,16,21,25H,11H2,1H3,(H,33,35)/t16-,21?/m0/s1. The molecule has 2 aromatic carbocycles. The minimum atomic E-state index is -3.06. The summed E-state index contributed by atoms with van der Waals surface area (Å²) in [5, 5.41) is 11.9. The van der Waals surface area contributed by atoms with Gasteiger partial charge in [0.1, 0.15) is 40.4 Å². The van der Waals surface area contributed by atoms with Crippen LogP contribution < -0.4 is 19.7 Å². The third kappa shape index (κ3) is 5.33. The molecule has 196 valence electrons. The number of carbonyl (C=O) groups excluding carboxylic acids is 2. The van der Waals surface area contributed by atoms with Crippen molar-refractivity contribution in [1.29, 1.82) is 5.26 Å². The topological polar surface area (TPSA) is 105 Å². The molecule has 0 radical (unpaired) electrons. The number of carbonyl (C=O) groups is 2. The second-order valence-corrected chi connectivity index (χ2v) is 8.42. The molecule has 8 nitrogen and oxygen atoms in total. The number of nitrogens with zero attached hydrogens (tertiary/aromatic N) is 3. The van der Waals surface area contributed by atoms with Crippen molar-refractivity contribution in [2.75, 3.05) is 18.6 Å². The molecule has 0 aliphatic carbocycles. The van der Waals surface area contributed by atoms with E-state index in [0.29, 0.717) is 0 Å². The van der Waals surface area contributed by atoms with Gasteiger partial charge >= 0.3 is 6.61 Å². The quantitative estimate of drug-likeness (QED) is 0.346. The van der Waals surface area contributed by atoms with Gasteiger partial charge in [-0.3, -0.25) is 14.5 Å². The molecule has 13 heteroatoms. The largest absolute Gasteiger partial charge is 0.497 e. The predicted molar refractivity (Wildman–Crippen MR) is 126 cm³/mol. The van der Waals surface area contributed by atoms with E-state index in [4.69, 9.17) is 16.3 Å². The van der Waals surface area contributed by atoms with E-state index in [0.717, 1.165) is 29.2 Å². The number of hydrogen-bond donors (Lipinski definition) is 1. The van der Waals surface area contributed by atoms with Crippen LogP contribution in [0.15, 0.2) is 48.5 Å². The van der Waals surface area contributed by atoms with Gasteiger partial charge in [-0.05, 0) is 36.4 Å². The highest BCUT2D eigenvalue weighted by atomic mass is 35.5. The number of pyridine rings is 1. The van der Waals surface area contributed by atoms with Gasteiger partial charge in [0.2, 0.25) is 0 Å². The molecule has 0 saturated carbocycles. The first-order valence-electron chi connectivity index (χ1n) is 10.9. The van der Waals surface area contributed by atoms with Crippen LogP contribution in [0.4, 0.5) is 23.4 Å². The highest BCUT2D eigenvalue weighted by molar-refractivity contribution is 6.29. The molecular formula is C25H17ClF4N4O4. The average Bonchev–Trinajstić information content (AvgIpc) is 3.18. The number of nitrogens with one attached hydrogen (secondary N) is 1. The van der Waals surface area contributed by atoms with E-state index in [9.17, 15) is 23.6 Å². The summed E-state index contributed by atoms with van der Waals surface area (Å²) in [6.45, 7) is -3.42. The monoisotopic (exact) mass is 548 g/mol. The molecule has 0 spiro atoms. The van der Waals surface area contributed by atoms with Crippen LogP contribution in [0.5, 0.6) is 11.5 Å². The fourth-order valence-corrected chi connectivity index (χ4v) is 4.25. The van der Waals surface area contributed by atoms with Gasteiger partial charge < -0.3 is 14.8 Å². The van der Waals surface area contributed by atoms with Crippen molar-refractivity contribution < 1.29 is 36.6 Å². The second kappa shape index (κ2) is 10.9. The Morgan fingerprint density at radius 2 is 1.82 bits per heavy atom. The van der Waals surface area contributed by atoms with Crippen LogP contribution in [0.1, 0.15) is 27.4 Å². The van der Waals surface area contributed by atoms with Crippen molar-refractivity contribution in [3.8, 4) is 17.6 Å². The third-order valence-corrected chi connectivity index (χ3v) is 6.03. The molecule has 0 bridgehead atoms. The van der Waals surface area contributed by atoms with Gasteiger partial charge in [-0.2, -0.15) is 14.0 Å². The zero-order valence-corrected chi connectivity index (χ0v) is 20.2. The van der Waals surface area contributed by atoms with Crippen LogP contribution in [0.25, 0.3) is 0 Å². The van der Waals surface area contributed by atoms with Crippen LogP contribution >= 0.6 is 11.6 Å². The van der Waals surface area contributed by atoms with Crippen molar-refractivity contribution >= 4 is 29.2 Å². The Hall–Kier alpha value is -4.37. The molecule has 3 aromatic rings. The molecule has 1 aromatic heterocycles. The first-order chi connectivity index (χ1) is 18.1. The van der Waals surface area contributed by atoms with E-state index in [2.05, 4.69) is 15.0 Å². The summed E-state index contributed by atoms with van der Waals surface area (Å²) in [6, 6.07) is 9.53. The molecule has 2 heterocycles. The number of rotatable bonds is 7. The number of anilines is 1. The smallest absolute Gasteiger partial charge is 0.387 e. The van der Waals surface area contributed by atoms with Crippen LogP contribution in [0, 0.1) is 23.0 Å². The SMILES string of the molecule is COc1cc(F)c([C@@H]2CN(c3nc(Cl)ccc3C#N)C(=O)C2NC(=O)c2ccc(OC(F)F)cc2)c(F)c1. The second-order valence-electron chi connectivity index (χ2n) is 8.03. The lowest BCUT2D eigenvalue weighted by molar-refractivity contribution is -0.118. The van der Waals surface area contributed by atoms with Gasteiger partial charge in [-0.15, -0.1) is 0 Å². The number of benzene rings is 2. The summed E-state index contributed by atoms with van der Waals surface area (Å²) in [7, 11) is 1.23. The summed E-state index contributed by atoms with van der Waals surface area (Å²) in [5.41, 5.74) is -0.558. The van der Waals surface area contributed by atoms with Crippen molar-refractivity contribution in [3.05, 3.63) is 82.0 Å². The Balaban J connectivity index is 1.73. The van der Waals surface area contributed by atoms with Gasteiger partial charge in [0.05, 0.1) is 12.7 Å². The summed E-state index contributed by atoms with van der Waals surface area (Å²) < 4.78 is 64.1. The predicted octanol–water partition coefficient (Wildman–Crippen LogP) is 4.42. The molecule has 1 aliphatic rings. The number of aromatic nitrogens is 1. The number of amides is 2. The average molecular weight is 549 g/mol. The van der Waals surface area contributed by atoms with E-state index >= 15 is 8.78 Å². The van der Waals surface area contributed by atoms with Crippen molar-refractivity contribution in [3.63, 3.8) is 0 Å². The highest BCUT2D eigenvalue weighted by Crippen LogP contribution is 2.37. The number of hydrogen-bond acceptors (Lipinski definition) is 6. The Morgan fingerprint density at radius 1 is 1.16 bits per heavy atom. The Kier molecular flexibility index (Phi) is 7.68. The van der Waals surface area contributed by atoms with Gasteiger partial charge in [0.15, 0.2) is 5.82 Å². The van der Waals surface area contributed by atoms with Crippen molar-refractivity contribution in [1.82, 2.24) is 10.3 Å². The Bertz CT molecular complexity index is 1410. The lowest BCUT2D eigenvalue weighted by Crippen LogP contribution is -2.44. The maximum Gasteiger partial charge on any atom is 0.387 e. The summed E-state index contributed by atoms with van der Waals surface area (Å²) in [6.07, 6.45) is 0. The Labute approximate surface area is 218 Å². The number of nitriles is 1. The molecule has 1 N–H and O–H groups in total. The number of ether oxygens (including phenoxy) is 2. The molecule has 1 aliphatic heterocycles. The normalized spacial score (nSPS) is 16.9. The zero-order chi connectivity index (χ0) is 27.6. The number of methoxy groups -OCH3 is 1. The van der Waals surface area contributed by atoms with E-state index in [1.54, 1.807) is 0 Å². The van der Waals surface area contributed by atoms with E-state index in [-0.39, 0.29) is 40.1 Å². The molecule has 2 atom stereocenters. The third-order valence-electron chi connectivity index (χ3n) is 5.82. The lowest BCUT2D eigenvalue weighted by Gasteiger charge is -2.20. The van der Waals surface area contributed by atoms with E-state index < -0.39 is 47.6 Å². The zero-order valence-electron chi connectivity index (χ0n) is 19.4. The fraction of sp³-hybridized carbons (Fsp3) is 0.200. The number of halogens is 5. The highest BCUT2D eigenvalue weighted by Gasteiger charge is 2.46. The molecule has 1 fully saturated rings. The Morgan fingerprint density at radius 3 is 2.39 bits per heavy atom. The molecule has 1 saturated heterocycles. The first kappa shape index (κ1) is 26.7. The maximum atomic E-state index is 15.1. The maximum absolute atomic E-state index is 15.1. The van der Waals surface area contributed by atoms with Crippen molar-refractivity contribution in [2.24, 2.45) is 0 Å². The van der Waals surface area contributed by atoms with Crippen LogP contribution in [-0.2, 0) is 4.79 Å². The van der Waals surface area contributed by atoms with Crippen LogP contribution in [0.2, 0.25) is 5.15 Å². The minimum Gasteiger partial charge on any atom is -0.497 e. The molecule has 4 rings (SSSR count). The van der Waals surface area contributed by atoms with Gasteiger partial charge in [-0.1, -0.05) is 11.6 Å². The van der Waals surface area contributed by atoms with Crippen LogP contribution in [-0.4, -0.2) is 43.1 Å². The van der Waals surface area contributed by atoms with Gasteiger partial charge in [0.25, 0.3) is 11.8 Å². The van der Waals surface area contributed by atoms with Crippen LogP contribution in [0.3, 0.4) is 0 Å². The number of alkyl halides is 2. The molecule has 1 unspecified atom stereocenters. The molecule has 38 heavy (non-hydrogen) atoms. The summed E-state index contributed by atoms with van der Waals surface area (Å²) in [5.74, 6) is -5.37. The molecular weight excluding hydrogens is 532 g/mol. The first-order valence-corrected chi connectivity index (χ1v) is 11.3. The summed E-state index contributed by atoms with van der Waals surface area (Å²) in [4.78, 5) is 31.5. The van der Waals surface area contributed by atoms with Gasteiger partial charge in [-0.25, -0.2) is 13.8 Å². The van der Waals surface area contributed by atoms with E-state index in [1.165, 1.54) is 31.4 Å².